The Hall–Kier alpha value is -10.5. The van der Waals surface area contributed by atoms with Crippen LogP contribution in [-0.2, 0) is 10.8 Å². The minimum atomic E-state index is -0.157. The Morgan fingerprint density at radius 1 is 0.244 bits per heavy atom. The highest BCUT2D eigenvalue weighted by Gasteiger charge is 2.42. The summed E-state index contributed by atoms with van der Waals surface area (Å²) in [5.74, 6) is 0. The molecule has 2 aliphatic carbocycles. The Morgan fingerprint density at radius 3 is 1.03 bits per heavy atom. The lowest BCUT2D eigenvalue weighted by atomic mass is 9.79. The Morgan fingerprint density at radius 2 is 0.593 bits per heavy atom. The van der Waals surface area contributed by atoms with Crippen LogP contribution in [0.4, 0.5) is 0 Å². The van der Waals surface area contributed by atoms with E-state index >= 15 is 0 Å². The summed E-state index contributed by atoms with van der Waals surface area (Å²) in [6.07, 6.45) is 8.97. The standard InChI is InChI=1S/C84H60N2/c1-83(2)75-49-63(59-31-25-53(26-32-59)21-23-55-29-43-81-73(45-55)69-17-9-11-19-79(69)85(81)65-39-35-57-13-5-7-15-61(57)47-65)37-41-67(75)71-52-78-72(51-77(71)83)68-42-38-64(50-76(68)84(78,3)4)60-33-27-54(28-34-60)22-24-56-30-44-82-74(46-56)70-18-10-12-20-80(70)86(82)66-40-36-58-14-6-8-16-62(58)48-66/h5-52H,1-4H3/b23-21+,24-22+. The van der Waals surface area contributed by atoms with E-state index in [0.717, 1.165) is 0 Å². The molecule has 2 aliphatic rings. The second kappa shape index (κ2) is 19.0. The maximum atomic E-state index is 2.53. The van der Waals surface area contributed by atoms with Gasteiger partial charge in [-0.1, -0.05) is 234 Å². The van der Waals surface area contributed by atoms with Crippen molar-refractivity contribution in [3.05, 3.63) is 311 Å². The van der Waals surface area contributed by atoms with Crippen LogP contribution in [0.2, 0.25) is 0 Å². The summed E-state index contributed by atoms with van der Waals surface area (Å²) in [6.45, 7) is 9.65. The fourth-order valence-electron chi connectivity index (χ4n) is 14.7. The minimum absolute atomic E-state index is 0.157. The molecule has 0 bridgehead atoms. The monoisotopic (exact) mass is 1100 g/mol. The zero-order valence-corrected chi connectivity index (χ0v) is 48.6. The maximum absolute atomic E-state index is 2.53. The summed E-state index contributed by atoms with van der Waals surface area (Å²) < 4.78 is 4.80. The zero-order chi connectivity index (χ0) is 57.4. The van der Waals surface area contributed by atoms with E-state index in [4.69, 9.17) is 0 Å². The first-order valence-corrected chi connectivity index (χ1v) is 30.2. The van der Waals surface area contributed by atoms with Crippen molar-refractivity contribution < 1.29 is 0 Å². The van der Waals surface area contributed by atoms with Crippen LogP contribution in [0.25, 0.3) is 145 Å². The van der Waals surface area contributed by atoms with Crippen LogP contribution in [0.3, 0.4) is 0 Å². The molecule has 0 atom stereocenters. The van der Waals surface area contributed by atoms with Gasteiger partial charge in [0.15, 0.2) is 0 Å². The highest BCUT2D eigenvalue weighted by molar-refractivity contribution is 6.11. The van der Waals surface area contributed by atoms with Crippen molar-refractivity contribution in [2.24, 2.45) is 0 Å². The molecule has 0 unspecified atom stereocenters. The van der Waals surface area contributed by atoms with Crippen molar-refractivity contribution in [2.45, 2.75) is 38.5 Å². The van der Waals surface area contributed by atoms with Crippen LogP contribution in [0.5, 0.6) is 0 Å². The molecule has 13 aromatic carbocycles. The van der Waals surface area contributed by atoms with Crippen LogP contribution in [0.1, 0.15) is 72.2 Å². The molecule has 17 rings (SSSR count). The minimum Gasteiger partial charge on any atom is -0.309 e. The second-order valence-electron chi connectivity index (χ2n) is 24.9. The van der Waals surface area contributed by atoms with Gasteiger partial charge in [-0.05, 0) is 195 Å². The Bertz CT molecular complexity index is 5040. The molecule has 0 saturated carbocycles. The molecule has 2 nitrogen and oxygen atoms in total. The van der Waals surface area contributed by atoms with Gasteiger partial charge in [-0.3, -0.25) is 0 Å². The van der Waals surface area contributed by atoms with E-state index in [1.54, 1.807) is 0 Å². The highest BCUT2D eigenvalue weighted by Crippen LogP contribution is 2.57. The van der Waals surface area contributed by atoms with E-state index in [9.17, 15) is 0 Å². The van der Waals surface area contributed by atoms with Gasteiger partial charge in [0.25, 0.3) is 0 Å². The third kappa shape index (κ3) is 7.86. The highest BCUT2D eigenvalue weighted by atomic mass is 15.0. The molecule has 0 aliphatic heterocycles. The van der Waals surface area contributed by atoms with Crippen molar-refractivity contribution in [2.75, 3.05) is 0 Å². The molecule has 2 aromatic heterocycles. The Balaban J connectivity index is 0.604. The van der Waals surface area contributed by atoms with Crippen LogP contribution in [0.15, 0.2) is 267 Å². The summed E-state index contributed by atoms with van der Waals surface area (Å²) in [5.41, 5.74) is 27.6. The lowest BCUT2D eigenvalue weighted by Gasteiger charge is -2.24. The number of hydrogen-bond donors (Lipinski definition) is 0. The number of rotatable bonds is 8. The molecular weight excluding hydrogens is 1040 g/mol. The second-order valence-corrected chi connectivity index (χ2v) is 24.9. The largest absolute Gasteiger partial charge is 0.309 e. The van der Waals surface area contributed by atoms with E-state index < -0.39 is 0 Å². The van der Waals surface area contributed by atoms with Crippen molar-refractivity contribution >= 4 is 89.5 Å². The van der Waals surface area contributed by atoms with Crippen molar-refractivity contribution in [3.63, 3.8) is 0 Å². The summed E-state index contributed by atoms with van der Waals surface area (Å²) in [7, 11) is 0. The van der Waals surface area contributed by atoms with E-state index in [0.29, 0.717) is 0 Å². The fraction of sp³-hybridized carbons (Fsp3) is 0.0714. The lowest BCUT2D eigenvalue weighted by Crippen LogP contribution is -2.17. The van der Waals surface area contributed by atoms with Gasteiger partial charge in [0, 0.05) is 43.7 Å². The van der Waals surface area contributed by atoms with Gasteiger partial charge in [0.2, 0.25) is 0 Å². The van der Waals surface area contributed by atoms with Crippen LogP contribution >= 0.6 is 0 Å². The molecule has 2 heterocycles. The number of benzene rings is 13. The van der Waals surface area contributed by atoms with Crippen molar-refractivity contribution in [1.29, 1.82) is 0 Å². The molecule has 0 radical (unpaired) electrons. The molecule has 0 amide bonds. The number of fused-ring (bicyclic) bond motifs is 14. The normalized spacial score (nSPS) is 13.9. The van der Waals surface area contributed by atoms with Crippen molar-refractivity contribution in [3.8, 4) is 55.9 Å². The molecule has 0 fully saturated rings. The molecule has 86 heavy (non-hydrogen) atoms. The van der Waals surface area contributed by atoms with Crippen LogP contribution in [-0.4, -0.2) is 9.13 Å². The zero-order valence-electron chi connectivity index (χ0n) is 48.6. The predicted octanol–water partition coefficient (Wildman–Crippen LogP) is 22.5. The third-order valence-corrected chi connectivity index (χ3v) is 19.3. The summed E-state index contributed by atoms with van der Waals surface area (Å²) in [5, 5.41) is 10.0. The number of nitrogens with zero attached hydrogens (tertiary/aromatic N) is 2. The van der Waals surface area contributed by atoms with E-state index in [-0.39, 0.29) is 10.8 Å². The fourth-order valence-corrected chi connectivity index (χ4v) is 14.7. The Kier molecular flexibility index (Phi) is 11.0. The summed E-state index contributed by atoms with van der Waals surface area (Å²) in [6, 6.07) is 99.5. The van der Waals surface area contributed by atoms with E-state index in [2.05, 4.69) is 328 Å². The molecule has 0 spiro atoms. The predicted molar refractivity (Wildman–Crippen MR) is 367 cm³/mol. The summed E-state index contributed by atoms with van der Waals surface area (Å²) >= 11 is 0. The van der Waals surface area contributed by atoms with Gasteiger partial charge < -0.3 is 9.13 Å². The number of para-hydroxylation sites is 2. The molecule has 15 aromatic rings. The van der Waals surface area contributed by atoms with Gasteiger partial charge in [-0.2, -0.15) is 0 Å². The Labute approximate surface area is 501 Å². The van der Waals surface area contributed by atoms with Gasteiger partial charge in [-0.25, -0.2) is 0 Å². The molecule has 406 valence electrons. The number of aromatic nitrogens is 2. The van der Waals surface area contributed by atoms with E-state index in [1.165, 1.54) is 166 Å². The van der Waals surface area contributed by atoms with Crippen LogP contribution in [0, 0.1) is 0 Å². The molecule has 0 N–H and O–H groups in total. The first-order valence-electron chi connectivity index (χ1n) is 30.2. The first-order chi connectivity index (χ1) is 42.1. The average molecular weight is 1100 g/mol. The maximum Gasteiger partial charge on any atom is 0.0541 e. The van der Waals surface area contributed by atoms with Gasteiger partial charge in [0.05, 0.1) is 22.1 Å². The SMILES string of the molecule is CC1(C)c2cc(-c3ccc(/C=C/c4ccc5c(c4)c4ccccc4n5-c4ccc5ccccc5c4)cc3)ccc2-c2cc3c(cc21)-c1ccc(-c2ccc(/C=C/c4ccc5c(c4)c4ccccc4n5-c4ccc5ccccc5c4)cc2)cc1C3(C)C. The quantitative estimate of drug-likeness (QED) is 0.134. The third-order valence-electron chi connectivity index (χ3n) is 19.3. The smallest absolute Gasteiger partial charge is 0.0541 e. The topological polar surface area (TPSA) is 9.86 Å². The number of hydrogen-bond acceptors (Lipinski definition) is 0. The molecule has 2 heteroatoms. The van der Waals surface area contributed by atoms with Crippen LogP contribution < -0.4 is 0 Å². The summed E-state index contributed by atoms with van der Waals surface area (Å²) in [4.78, 5) is 0. The average Bonchev–Trinajstić information content (AvgIpc) is 2.11. The van der Waals surface area contributed by atoms with Gasteiger partial charge in [0.1, 0.15) is 0 Å². The lowest BCUT2D eigenvalue weighted by molar-refractivity contribution is 0.652. The van der Waals surface area contributed by atoms with Crippen molar-refractivity contribution in [1.82, 2.24) is 9.13 Å². The van der Waals surface area contributed by atoms with Gasteiger partial charge in [-0.15, -0.1) is 0 Å². The van der Waals surface area contributed by atoms with Gasteiger partial charge >= 0.3 is 0 Å². The van der Waals surface area contributed by atoms with E-state index in [1.807, 2.05) is 0 Å². The first kappa shape index (κ1) is 50.0. The molecule has 0 saturated heterocycles. The molecular formula is C84H60N2.